The Bertz CT molecular complexity index is 1430. The van der Waals surface area contributed by atoms with Gasteiger partial charge in [0.15, 0.2) is 11.6 Å². The third-order valence-corrected chi connectivity index (χ3v) is 9.38. The maximum Gasteiger partial charge on any atom is 0.338 e. The predicted octanol–water partition coefficient (Wildman–Crippen LogP) is 6.38. The Morgan fingerprint density at radius 3 is 2.46 bits per heavy atom. The summed E-state index contributed by atoms with van der Waals surface area (Å²) in [7, 11) is -2.41. The van der Waals surface area contributed by atoms with Gasteiger partial charge in [-0.3, -0.25) is 0 Å². The van der Waals surface area contributed by atoms with E-state index in [2.05, 4.69) is 6.92 Å². The molecule has 10 heteroatoms. The highest BCUT2D eigenvalue weighted by molar-refractivity contribution is 7.98. The molecule has 3 aromatic carbocycles. The van der Waals surface area contributed by atoms with Crippen LogP contribution in [0.25, 0.3) is 11.1 Å². The lowest BCUT2D eigenvalue weighted by molar-refractivity contribution is 0.0690. The van der Waals surface area contributed by atoms with Gasteiger partial charge in [-0.25, -0.2) is 22.0 Å². The van der Waals surface area contributed by atoms with Crippen LogP contribution in [0.3, 0.4) is 0 Å². The van der Waals surface area contributed by atoms with E-state index < -0.39 is 33.2 Å². The number of nitrogens with zero attached hydrogens (tertiary/aromatic N) is 2. The molecule has 0 aromatic heterocycles. The lowest BCUT2D eigenvalue weighted by Crippen LogP contribution is -2.40. The maximum absolute atomic E-state index is 14.4. The van der Waals surface area contributed by atoms with Gasteiger partial charge in [-0.2, -0.15) is 4.31 Å². The van der Waals surface area contributed by atoms with E-state index in [0.717, 1.165) is 30.7 Å². The molecule has 0 saturated carbocycles. The predicted molar refractivity (Wildman–Crippen MR) is 142 cm³/mol. The number of likely N-dealkylation sites (N-methyl/N-ethyl adjacent to an activating group) is 1. The van der Waals surface area contributed by atoms with Crippen molar-refractivity contribution in [1.82, 2.24) is 4.31 Å². The van der Waals surface area contributed by atoms with Crippen LogP contribution < -0.4 is 4.90 Å². The van der Waals surface area contributed by atoms with Gasteiger partial charge in [-0.15, -0.1) is 11.8 Å². The molecule has 37 heavy (non-hydrogen) atoms. The molecule has 4 rings (SSSR count). The molecule has 1 unspecified atom stereocenters. The summed E-state index contributed by atoms with van der Waals surface area (Å²) in [6, 6.07) is 14.3. The molecule has 1 heterocycles. The standard InChI is InChI=1S/C27H28F2N2O4S2/c1-4-5-9-19-16-31(18-10-7-6-8-11-18)23-15-24(36-3)20(14-25(23)37(34,35)30(19)2)17-12-21(27(32)33)26(29)22(28)13-17/h6-8,10-15,19H,4-5,9,16H2,1-3H3,(H,32,33). The second-order valence-electron chi connectivity index (χ2n) is 8.91. The quantitative estimate of drug-likeness (QED) is 0.347. The molecule has 0 saturated heterocycles. The van der Waals surface area contributed by atoms with Gasteiger partial charge in [0.2, 0.25) is 10.0 Å². The number of hydrogen-bond acceptors (Lipinski definition) is 5. The minimum Gasteiger partial charge on any atom is -0.478 e. The zero-order chi connectivity index (χ0) is 26.9. The van der Waals surface area contributed by atoms with Crippen molar-refractivity contribution in [1.29, 1.82) is 0 Å². The summed E-state index contributed by atoms with van der Waals surface area (Å²) in [5, 5.41) is 9.37. The molecule has 196 valence electrons. The van der Waals surface area contributed by atoms with E-state index in [9.17, 15) is 27.1 Å². The molecule has 0 radical (unpaired) electrons. The Kier molecular flexibility index (Phi) is 7.91. The lowest BCUT2D eigenvalue weighted by Gasteiger charge is -2.29. The summed E-state index contributed by atoms with van der Waals surface area (Å²) >= 11 is 1.31. The summed E-state index contributed by atoms with van der Waals surface area (Å²) in [4.78, 5) is 14.1. The first-order valence-electron chi connectivity index (χ1n) is 11.9. The number of halogens is 2. The monoisotopic (exact) mass is 546 g/mol. The van der Waals surface area contributed by atoms with E-state index in [0.29, 0.717) is 29.1 Å². The number of benzene rings is 3. The Morgan fingerprint density at radius 1 is 1.14 bits per heavy atom. The fraction of sp³-hybridized carbons (Fsp3) is 0.296. The molecule has 0 aliphatic carbocycles. The van der Waals surface area contributed by atoms with Crippen molar-refractivity contribution in [2.75, 3.05) is 24.7 Å². The van der Waals surface area contributed by atoms with E-state index in [4.69, 9.17) is 0 Å². The topological polar surface area (TPSA) is 77.9 Å². The molecule has 0 spiro atoms. The fourth-order valence-corrected chi connectivity index (χ4v) is 6.80. The van der Waals surface area contributed by atoms with Crippen molar-refractivity contribution in [2.24, 2.45) is 0 Å². The third-order valence-electron chi connectivity index (χ3n) is 6.66. The second kappa shape index (κ2) is 10.8. The molecule has 0 amide bonds. The van der Waals surface area contributed by atoms with E-state index in [1.54, 1.807) is 19.4 Å². The number of carboxylic acids is 1. The lowest BCUT2D eigenvalue weighted by atomic mass is 10.0. The van der Waals surface area contributed by atoms with Crippen LogP contribution in [-0.4, -0.2) is 49.7 Å². The normalized spacial score (nSPS) is 17.3. The molecule has 0 bridgehead atoms. The average molecular weight is 547 g/mol. The van der Waals surface area contributed by atoms with Crippen molar-refractivity contribution in [3.05, 3.63) is 71.8 Å². The maximum atomic E-state index is 14.4. The van der Waals surface area contributed by atoms with Gasteiger partial charge in [0, 0.05) is 30.2 Å². The van der Waals surface area contributed by atoms with Crippen LogP contribution >= 0.6 is 11.8 Å². The van der Waals surface area contributed by atoms with Crippen molar-refractivity contribution < 1.29 is 27.1 Å². The highest BCUT2D eigenvalue weighted by atomic mass is 32.2. The average Bonchev–Trinajstić information content (AvgIpc) is 2.96. The Labute approximate surface area is 220 Å². The highest BCUT2D eigenvalue weighted by Gasteiger charge is 2.37. The third kappa shape index (κ3) is 5.10. The zero-order valence-electron chi connectivity index (χ0n) is 20.7. The number of sulfonamides is 1. The van der Waals surface area contributed by atoms with Crippen LogP contribution in [0.1, 0.15) is 36.5 Å². The van der Waals surface area contributed by atoms with Crippen LogP contribution in [0, 0.1) is 11.6 Å². The van der Waals surface area contributed by atoms with Crippen LogP contribution in [0.2, 0.25) is 0 Å². The minimum atomic E-state index is -3.98. The SMILES string of the molecule is CCCCC1CN(c2ccccc2)c2cc(SC)c(-c3cc(F)c(F)c(C(=O)O)c3)cc2S(=O)(=O)N1C. The van der Waals surface area contributed by atoms with Crippen LogP contribution in [0.15, 0.2) is 64.4 Å². The van der Waals surface area contributed by atoms with Crippen LogP contribution in [0.4, 0.5) is 20.2 Å². The van der Waals surface area contributed by atoms with Crippen molar-refractivity contribution >= 4 is 39.1 Å². The first kappa shape index (κ1) is 27.1. The summed E-state index contributed by atoms with van der Waals surface area (Å²) in [5.41, 5.74) is 0.884. The number of aromatic carboxylic acids is 1. The Morgan fingerprint density at radius 2 is 1.84 bits per heavy atom. The molecule has 6 nitrogen and oxygen atoms in total. The fourth-order valence-electron chi connectivity index (χ4n) is 4.60. The summed E-state index contributed by atoms with van der Waals surface area (Å²) in [5.74, 6) is -4.39. The number of rotatable bonds is 7. The number of hydrogen-bond donors (Lipinski definition) is 1. The number of para-hydroxylation sites is 1. The molecule has 0 fully saturated rings. The van der Waals surface area contributed by atoms with Gasteiger partial charge in [-0.05, 0) is 60.2 Å². The summed E-state index contributed by atoms with van der Waals surface area (Å²) in [6.07, 6.45) is 4.25. The summed E-state index contributed by atoms with van der Waals surface area (Å²) < 4.78 is 57.8. The smallest absolute Gasteiger partial charge is 0.338 e. The van der Waals surface area contributed by atoms with E-state index in [1.807, 2.05) is 35.2 Å². The molecule has 1 aliphatic rings. The Balaban J connectivity index is 2.00. The van der Waals surface area contributed by atoms with Crippen molar-refractivity contribution in [3.8, 4) is 11.1 Å². The molecular formula is C27H28F2N2O4S2. The van der Waals surface area contributed by atoms with Crippen molar-refractivity contribution in [3.63, 3.8) is 0 Å². The van der Waals surface area contributed by atoms with E-state index in [-0.39, 0.29) is 16.5 Å². The number of carboxylic acid groups (broad SMARTS) is 1. The first-order valence-corrected chi connectivity index (χ1v) is 14.5. The number of unbranched alkanes of at least 4 members (excludes halogenated alkanes) is 1. The van der Waals surface area contributed by atoms with Gasteiger partial charge in [0.05, 0.1) is 11.3 Å². The molecule has 3 aromatic rings. The van der Waals surface area contributed by atoms with Crippen molar-refractivity contribution in [2.45, 2.75) is 42.0 Å². The van der Waals surface area contributed by atoms with Crippen LogP contribution in [0.5, 0.6) is 0 Å². The van der Waals surface area contributed by atoms with E-state index in [1.165, 1.54) is 22.1 Å². The zero-order valence-corrected chi connectivity index (χ0v) is 22.4. The largest absolute Gasteiger partial charge is 0.478 e. The van der Waals surface area contributed by atoms with Gasteiger partial charge in [0.1, 0.15) is 4.90 Å². The second-order valence-corrected chi connectivity index (χ2v) is 11.7. The van der Waals surface area contributed by atoms with E-state index >= 15 is 0 Å². The van der Waals surface area contributed by atoms with Crippen LogP contribution in [-0.2, 0) is 10.0 Å². The highest BCUT2D eigenvalue weighted by Crippen LogP contribution is 2.44. The number of anilines is 2. The number of thioether (sulfide) groups is 1. The summed E-state index contributed by atoms with van der Waals surface area (Å²) in [6.45, 7) is 2.49. The molecular weight excluding hydrogens is 518 g/mol. The van der Waals surface area contributed by atoms with Gasteiger partial charge >= 0.3 is 5.97 Å². The number of carbonyl (C=O) groups is 1. The minimum absolute atomic E-state index is 0.0206. The van der Waals surface area contributed by atoms with Gasteiger partial charge in [0.25, 0.3) is 0 Å². The number of fused-ring (bicyclic) bond motifs is 1. The van der Waals surface area contributed by atoms with Gasteiger partial charge in [-0.1, -0.05) is 38.0 Å². The molecule has 1 aliphatic heterocycles. The van der Waals surface area contributed by atoms with Gasteiger partial charge < -0.3 is 10.0 Å². The molecule has 1 N–H and O–H groups in total. The Hall–Kier alpha value is -2.95. The molecule has 1 atom stereocenters. The first-order chi connectivity index (χ1) is 17.6.